The van der Waals surface area contributed by atoms with Crippen LogP contribution in [0.3, 0.4) is 0 Å². The third-order valence-corrected chi connectivity index (χ3v) is 3.42. The van der Waals surface area contributed by atoms with Crippen LogP contribution in [0, 0.1) is 0 Å². The standard InChI is InChI=1S/C13H17BrO/c14-12-6-4-5-11(9-12)10-15-13-7-2-1-3-8-13/h4-6,9,13H,1-3,7-8,10H2. The SMILES string of the molecule is Brc1cccc(COC2CCCCC2)c1. The lowest BCUT2D eigenvalue weighted by Gasteiger charge is -2.22. The monoisotopic (exact) mass is 268 g/mol. The second-order valence-electron chi connectivity index (χ2n) is 4.20. The Morgan fingerprint density at radius 3 is 2.73 bits per heavy atom. The summed E-state index contributed by atoms with van der Waals surface area (Å²) < 4.78 is 7.03. The van der Waals surface area contributed by atoms with Gasteiger partial charge in [-0.1, -0.05) is 47.3 Å². The van der Waals surface area contributed by atoms with Gasteiger partial charge in [0.15, 0.2) is 0 Å². The second kappa shape index (κ2) is 5.66. The molecular formula is C13H17BrO. The van der Waals surface area contributed by atoms with Crippen LogP contribution in [-0.2, 0) is 11.3 Å². The van der Waals surface area contributed by atoms with Gasteiger partial charge in [0, 0.05) is 4.47 Å². The molecule has 1 fully saturated rings. The summed E-state index contributed by atoms with van der Waals surface area (Å²) >= 11 is 3.47. The van der Waals surface area contributed by atoms with Gasteiger partial charge in [0.05, 0.1) is 12.7 Å². The lowest BCUT2D eigenvalue weighted by atomic mass is 9.98. The molecule has 0 bridgehead atoms. The van der Waals surface area contributed by atoms with E-state index in [-0.39, 0.29) is 0 Å². The van der Waals surface area contributed by atoms with Crippen molar-refractivity contribution in [2.75, 3.05) is 0 Å². The van der Waals surface area contributed by atoms with Crippen molar-refractivity contribution in [2.45, 2.75) is 44.8 Å². The minimum absolute atomic E-state index is 0.498. The average Bonchev–Trinajstić information content (AvgIpc) is 2.28. The van der Waals surface area contributed by atoms with Crippen LogP contribution in [0.2, 0.25) is 0 Å². The number of hydrogen-bond acceptors (Lipinski definition) is 1. The number of benzene rings is 1. The third-order valence-electron chi connectivity index (χ3n) is 2.93. The summed E-state index contributed by atoms with van der Waals surface area (Å²) in [7, 11) is 0. The molecule has 0 aliphatic heterocycles. The highest BCUT2D eigenvalue weighted by molar-refractivity contribution is 9.10. The highest BCUT2D eigenvalue weighted by Crippen LogP contribution is 2.21. The van der Waals surface area contributed by atoms with Gasteiger partial charge in [0.25, 0.3) is 0 Å². The molecule has 15 heavy (non-hydrogen) atoms. The molecule has 0 heterocycles. The molecule has 2 heteroatoms. The van der Waals surface area contributed by atoms with Crippen molar-refractivity contribution < 1.29 is 4.74 Å². The molecule has 0 unspecified atom stereocenters. The molecule has 1 aromatic carbocycles. The Kier molecular flexibility index (Phi) is 4.21. The first-order valence-electron chi connectivity index (χ1n) is 5.70. The molecule has 0 amide bonds. The molecule has 0 atom stereocenters. The lowest BCUT2D eigenvalue weighted by molar-refractivity contribution is 0.0168. The summed E-state index contributed by atoms with van der Waals surface area (Å²) in [5.41, 5.74) is 1.26. The van der Waals surface area contributed by atoms with Crippen molar-refractivity contribution in [3.05, 3.63) is 34.3 Å². The van der Waals surface area contributed by atoms with Crippen molar-refractivity contribution in [2.24, 2.45) is 0 Å². The van der Waals surface area contributed by atoms with Crippen molar-refractivity contribution in [3.8, 4) is 0 Å². The van der Waals surface area contributed by atoms with Crippen molar-refractivity contribution in [1.29, 1.82) is 0 Å². The number of ether oxygens (including phenoxy) is 1. The first-order chi connectivity index (χ1) is 7.34. The maximum Gasteiger partial charge on any atom is 0.0721 e. The van der Waals surface area contributed by atoms with Crippen LogP contribution in [0.25, 0.3) is 0 Å². The predicted molar refractivity (Wildman–Crippen MR) is 65.8 cm³/mol. The molecule has 1 aliphatic carbocycles. The summed E-state index contributed by atoms with van der Waals surface area (Å²) in [5, 5.41) is 0. The molecule has 0 spiro atoms. The van der Waals surface area contributed by atoms with Crippen LogP contribution in [0.15, 0.2) is 28.7 Å². The fourth-order valence-electron chi connectivity index (χ4n) is 2.07. The predicted octanol–water partition coefficient (Wildman–Crippen LogP) is 4.30. The molecule has 1 nitrogen and oxygen atoms in total. The molecule has 1 aromatic rings. The van der Waals surface area contributed by atoms with Crippen molar-refractivity contribution >= 4 is 15.9 Å². The third kappa shape index (κ3) is 3.62. The van der Waals surface area contributed by atoms with Crippen LogP contribution < -0.4 is 0 Å². The van der Waals surface area contributed by atoms with Gasteiger partial charge in [-0.2, -0.15) is 0 Å². The highest BCUT2D eigenvalue weighted by atomic mass is 79.9. The molecule has 0 N–H and O–H groups in total. The number of rotatable bonds is 3. The van der Waals surface area contributed by atoms with Gasteiger partial charge in [-0.3, -0.25) is 0 Å². The van der Waals surface area contributed by atoms with E-state index in [4.69, 9.17) is 4.74 Å². The lowest BCUT2D eigenvalue weighted by Crippen LogP contribution is -2.16. The number of hydrogen-bond donors (Lipinski definition) is 0. The van der Waals surface area contributed by atoms with Gasteiger partial charge in [-0.15, -0.1) is 0 Å². The maximum absolute atomic E-state index is 5.90. The first-order valence-corrected chi connectivity index (χ1v) is 6.50. The normalized spacial score (nSPS) is 17.9. The molecule has 0 aromatic heterocycles. The Morgan fingerprint density at radius 1 is 1.20 bits per heavy atom. The Hall–Kier alpha value is -0.340. The van der Waals surface area contributed by atoms with E-state index in [0.29, 0.717) is 6.10 Å². The maximum atomic E-state index is 5.90. The topological polar surface area (TPSA) is 9.23 Å². The summed E-state index contributed by atoms with van der Waals surface area (Å²) in [6, 6.07) is 8.35. The van der Waals surface area contributed by atoms with Gasteiger partial charge in [-0.25, -0.2) is 0 Å². The fourth-order valence-corrected chi connectivity index (χ4v) is 2.52. The van der Waals surface area contributed by atoms with E-state index in [9.17, 15) is 0 Å². The molecule has 1 saturated carbocycles. The highest BCUT2D eigenvalue weighted by Gasteiger charge is 2.13. The largest absolute Gasteiger partial charge is 0.374 e. The van der Waals surface area contributed by atoms with Crippen LogP contribution >= 0.6 is 15.9 Å². The summed E-state index contributed by atoms with van der Waals surface area (Å²) in [5.74, 6) is 0. The Morgan fingerprint density at radius 2 is 2.00 bits per heavy atom. The van der Waals surface area contributed by atoms with E-state index < -0.39 is 0 Å². The van der Waals surface area contributed by atoms with E-state index in [1.54, 1.807) is 0 Å². The van der Waals surface area contributed by atoms with E-state index in [1.807, 2.05) is 6.07 Å². The quantitative estimate of drug-likeness (QED) is 0.795. The fraction of sp³-hybridized carbons (Fsp3) is 0.538. The minimum atomic E-state index is 0.498. The van der Waals surface area contributed by atoms with Crippen molar-refractivity contribution in [3.63, 3.8) is 0 Å². The Bertz CT molecular complexity index is 305. The van der Waals surface area contributed by atoms with Gasteiger partial charge in [-0.05, 0) is 30.5 Å². The van der Waals surface area contributed by atoms with Gasteiger partial charge in [0.2, 0.25) is 0 Å². The summed E-state index contributed by atoms with van der Waals surface area (Å²) in [4.78, 5) is 0. The molecule has 82 valence electrons. The van der Waals surface area contributed by atoms with Crippen LogP contribution in [0.4, 0.5) is 0 Å². The van der Waals surface area contributed by atoms with Gasteiger partial charge in [0.1, 0.15) is 0 Å². The molecule has 2 rings (SSSR count). The minimum Gasteiger partial charge on any atom is -0.374 e. The first kappa shape index (κ1) is 11.2. The smallest absolute Gasteiger partial charge is 0.0721 e. The van der Waals surface area contributed by atoms with Crippen LogP contribution in [0.5, 0.6) is 0 Å². The molecule has 0 radical (unpaired) electrons. The summed E-state index contributed by atoms with van der Waals surface area (Å²) in [6.45, 7) is 0.754. The van der Waals surface area contributed by atoms with Gasteiger partial charge < -0.3 is 4.74 Å². The zero-order valence-corrected chi connectivity index (χ0v) is 10.5. The second-order valence-corrected chi connectivity index (χ2v) is 5.12. The van der Waals surface area contributed by atoms with Crippen molar-refractivity contribution in [1.82, 2.24) is 0 Å². The Balaban J connectivity index is 1.81. The zero-order chi connectivity index (χ0) is 10.5. The Labute approximate surface area is 100.0 Å². The molecular weight excluding hydrogens is 252 g/mol. The number of halogens is 1. The van der Waals surface area contributed by atoms with E-state index in [1.165, 1.54) is 37.7 Å². The van der Waals surface area contributed by atoms with E-state index in [2.05, 4.69) is 34.1 Å². The molecule has 1 aliphatic rings. The molecule has 0 saturated heterocycles. The van der Waals surface area contributed by atoms with Crippen LogP contribution in [-0.4, -0.2) is 6.10 Å². The van der Waals surface area contributed by atoms with Gasteiger partial charge >= 0.3 is 0 Å². The van der Waals surface area contributed by atoms with E-state index >= 15 is 0 Å². The van der Waals surface area contributed by atoms with Crippen LogP contribution in [0.1, 0.15) is 37.7 Å². The zero-order valence-electron chi connectivity index (χ0n) is 8.92. The average molecular weight is 269 g/mol. The van der Waals surface area contributed by atoms with E-state index in [0.717, 1.165) is 11.1 Å². The summed E-state index contributed by atoms with van der Waals surface area (Å²) in [6.07, 6.45) is 7.04.